The highest BCUT2D eigenvalue weighted by molar-refractivity contribution is 6.00. The number of nitrogens with zero attached hydrogens (tertiary/aromatic N) is 2. The maximum absolute atomic E-state index is 12.2. The van der Waals surface area contributed by atoms with Crippen molar-refractivity contribution in [2.75, 3.05) is 11.9 Å². The van der Waals surface area contributed by atoms with Crippen LogP contribution in [0, 0.1) is 0 Å². The van der Waals surface area contributed by atoms with Crippen LogP contribution in [0.3, 0.4) is 0 Å². The van der Waals surface area contributed by atoms with Gasteiger partial charge in [-0.2, -0.15) is 5.10 Å². The van der Waals surface area contributed by atoms with Gasteiger partial charge in [-0.05, 0) is 37.6 Å². The highest BCUT2D eigenvalue weighted by atomic mass is 16.5. The van der Waals surface area contributed by atoms with E-state index in [0.29, 0.717) is 17.9 Å². The predicted molar refractivity (Wildman–Crippen MR) is 102 cm³/mol. The number of Topliss-reactive ketones (excluding diaryl/α,β-unsaturated/α-hetero) is 1. The zero-order chi connectivity index (χ0) is 18.8. The van der Waals surface area contributed by atoms with E-state index in [-0.39, 0.29) is 24.5 Å². The van der Waals surface area contributed by atoms with Crippen LogP contribution in [-0.4, -0.2) is 28.1 Å². The molecule has 1 heterocycles. The van der Waals surface area contributed by atoms with Crippen LogP contribution in [0.1, 0.15) is 56.3 Å². The molecule has 26 heavy (non-hydrogen) atoms. The van der Waals surface area contributed by atoms with E-state index in [4.69, 9.17) is 4.74 Å². The number of nitrogens with one attached hydrogen (secondary N) is 1. The molecule has 2 rings (SSSR count). The lowest BCUT2D eigenvalue weighted by molar-refractivity contribution is -0.116. The molecule has 0 unspecified atom stereocenters. The molecule has 0 radical (unpaired) electrons. The summed E-state index contributed by atoms with van der Waals surface area (Å²) in [4.78, 5) is 24.2. The highest BCUT2D eigenvalue weighted by Gasteiger charge is 2.10. The van der Waals surface area contributed by atoms with Crippen LogP contribution >= 0.6 is 0 Å². The van der Waals surface area contributed by atoms with Crippen molar-refractivity contribution in [1.29, 1.82) is 0 Å². The fraction of sp³-hybridized carbons (Fsp3) is 0.450. The first kappa shape index (κ1) is 19.7. The summed E-state index contributed by atoms with van der Waals surface area (Å²) in [5.41, 5.74) is 1.24. The molecule has 2 aromatic rings. The van der Waals surface area contributed by atoms with Crippen molar-refractivity contribution in [3.63, 3.8) is 0 Å². The Kier molecular flexibility index (Phi) is 7.86. The van der Waals surface area contributed by atoms with Crippen LogP contribution in [0.25, 0.3) is 0 Å². The Hall–Kier alpha value is -2.63. The van der Waals surface area contributed by atoms with Gasteiger partial charge in [0.25, 0.3) is 0 Å². The lowest BCUT2D eigenvalue weighted by Crippen LogP contribution is -2.13. The maximum atomic E-state index is 12.2. The van der Waals surface area contributed by atoms with Crippen molar-refractivity contribution < 1.29 is 14.3 Å². The van der Waals surface area contributed by atoms with Gasteiger partial charge in [-0.1, -0.05) is 19.8 Å². The molecular weight excluding hydrogens is 330 g/mol. The first-order valence-electron chi connectivity index (χ1n) is 9.20. The Morgan fingerprint density at radius 1 is 1.12 bits per heavy atom. The zero-order valence-electron chi connectivity index (χ0n) is 15.5. The average Bonchev–Trinajstić information content (AvgIpc) is 3.11. The smallest absolute Gasteiger partial charge is 0.224 e. The molecule has 0 aliphatic heterocycles. The first-order chi connectivity index (χ1) is 12.6. The minimum absolute atomic E-state index is 0.0538. The Labute approximate surface area is 154 Å². The quantitative estimate of drug-likeness (QED) is 0.486. The molecule has 0 spiro atoms. The van der Waals surface area contributed by atoms with E-state index in [1.165, 1.54) is 0 Å². The van der Waals surface area contributed by atoms with E-state index in [0.717, 1.165) is 31.6 Å². The van der Waals surface area contributed by atoms with Crippen molar-refractivity contribution in [2.45, 2.75) is 52.5 Å². The van der Waals surface area contributed by atoms with Crippen molar-refractivity contribution >= 4 is 17.4 Å². The Morgan fingerprint density at radius 3 is 2.54 bits per heavy atom. The Bertz CT molecular complexity index is 707. The second-order valence-electron chi connectivity index (χ2n) is 6.14. The molecule has 1 amide bonds. The van der Waals surface area contributed by atoms with E-state index in [1.807, 2.05) is 6.92 Å². The minimum atomic E-state index is -0.190. The molecule has 0 aliphatic carbocycles. The molecule has 1 aromatic carbocycles. The fourth-order valence-corrected chi connectivity index (χ4v) is 2.48. The number of hydrogen-bond acceptors (Lipinski definition) is 4. The number of carbonyl (C=O) groups excluding carboxylic acids is 2. The second kappa shape index (κ2) is 10.4. The summed E-state index contributed by atoms with van der Waals surface area (Å²) in [6.45, 7) is 5.56. The van der Waals surface area contributed by atoms with Gasteiger partial charge in [0, 0.05) is 31.1 Å². The monoisotopic (exact) mass is 357 g/mol. The van der Waals surface area contributed by atoms with Crippen LogP contribution in [0.15, 0.2) is 36.7 Å². The number of ether oxygens (including phenoxy) is 1. The number of anilines is 1. The zero-order valence-corrected chi connectivity index (χ0v) is 15.5. The molecule has 140 valence electrons. The lowest BCUT2D eigenvalue weighted by atomic mass is 10.1. The van der Waals surface area contributed by atoms with E-state index in [1.54, 1.807) is 41.3 Å². The van der Waals surface area contributed by atoms with Crippen molar-refractivity contribution in [3.05, 3.63) is 42.2 Å². The molecule has 0 aliphatic rings. The van der Waals surface area contributed by atoms with Gasteiger partial charge in [-0.25, -0.2) is 0 Å². The summed E-state index contributed by atoms with van der Waals surface area (Å²) < 4.78 is 7.36. The van der Waals surface area contributed by atoms with Crippen LogP contribution < -0.4 is 10.1 Å². The molecule has 0 saturated heterocycles. The molecule has 1 N–H and O–H groups in total. The van der Waals surface area contributed by atoms with Crippen molar-refractivity contribution in [1.82, 2.24) is 9.78 Å². The number of ketones is 1. The van der Waals surface area contributed by atoms with E-state index < -0.39 is 0 Å². The van der Waals surface area contributed by atoms with Crippen LogP contribution in [0.5, 0.6) is 5.75 Å². The van der Waals surface area contributed by atoms with Gasteiger partial charge in [0.15, 0.2) is 5.78 Å². The van der Waals surface area contributed by atoms with E-state index in [9.17, 15) is 9.59 Å². The summed E-state index contributed by atoms with van der Waals surface area (Å²) in [6, 6.07) is 7.11. The predicted octanol–water partition coefficient (Wildman–Crippen LogP) is 4.07. The minimum Gasteiger partial charge on any atom is -0.494 e. The van der Waals surface area contributed by atoms with E-state index >= 15 is 0 Å². The number of rotatable bonds is 11. The van der Waals surface area contributed by atoms with Crippen molar-refractivity contribution in [2.24, 2.45) is 0 Å². The summed E-state index contributed by atoms with van der Waals surface area (Å²) in [7, 11) is 0. The number of carbonyl (C=O) groups is 2. The summed E-state index contributed by atoms with van der Waals surface area (Å²) in [6.07, 6.45) is 7.02. The van der Waals surface area contributed by atoms with Crippen LogP contribution in [0.4, 0.5) is 5.69 Å². The summed E-state index contributed by atoms with van der Waals surface area (Å²) >= 11 is 0. The van der Waals surface area contributed by atoms with Gasteiger partial charge in [0.1, 0.15) is 5.75 Å². The number of benzene rings is 1. The SMILES string of the molecule is CCCCCOc1ccc(C(=O)CCC(=O)Nc2cnn(CC)c2)cc1. The molecule has 6 heteroatoms. The van der Waals surface area contributed by atoms with Gasteiger partial charge >= 0.3 is 0 Å². The third-order valence-corrected chi connectivity index (χ3v) is 4.01. The fourth-order valence-electron chi connectivity index (χ4n) is 2.48. The lowest BCUT2D eigenvalue weighted by Gasteiger charge is -2.07. The van der Waals surface area contributed by atoms with Crippen LogP contribution in [0.2, 0.25) is 0 Å². The van der Waals surface area contributed by atoms with Gasteiger partial charge < -0.3 is 10.1 Å². The molecule has 1 aromatic heterocycles. The maximum Gasteiger partial charge on any atom is 0.224 e. The largest absolute Gasteiger partial charge is 0.494 e. The number of unbranched alkanes of at least 4 members (excludes halogenated alkanes) is 2. The third-order valence-electron chi connectivity index (χ3n) is 4.01. The topological polar surface area (TPSA) is 73.2 Å². The Morgan fingerprint density at radius 2 is 1.88 bits per heavy atom. The van der Waals surface area contributed by atoms with E-state index in [2.05, 4.69) is 17.3 Å². The third kappa shape index (κ3) is 6.35. The number of hydrogen-bond donors (Lipinski definition) is 1. The van der Waals surface area contributed by atoms with Gasteiger partial charge in [0.2, 0.25) is 5.91 Å². The average molecular weight is 357 g/mol. The van der Waals surface area contributed by atoms with Crippen molar-refractivity contribution in [3.8, 4) is 5.75 Å². The molecule has 0 atom stereocenters. The molecule has 6 nitrogen and oxygen atoms in total. The number of aryl methyl sites for hydroxylation is 1. The summed E-state index contributed by atoms with van der Waals surface area (Å²) in [5.74, 6) is 0.523. The van der Waals surface area contributed by atoms with Gasteiger partial charge in [-0.3, -0.25) is 14.3 Å². The normalized spacial score (nSPS) is 10.5. The number of aromatic nitrogens is 2. The Balaban J connectivity index is 1.75. The summed E-state index contributed by atoms with van der Waals surface area (Å²) in [5, 5.41) is 6.84. The van der Waals surface area contributed by atoms with Gasteiger partial charge in [0.05, 0.1) is 18.5 Å². The van der Waals surface area contributed by atoms with Crippen LogP contribution in [-0.2, 0) is 11.3 Å². The van der Waals surface area contributed by atoms with Gasteiger partial charge in [-0.15, -0.1) is 0 Å². The first-order valence-corrected chi connectivity index (χ1v) is 9.20. The standard InChI is InChI=1S/C20H27N3O3/c1-3-5-6-13-26-18-9-7-16(8-10-18)19(24)11-12-20(25)22-17-14-21-23(4-2)15-17/h7-10,14-15H,3-6,11-13H2,1-2H3,(H,22,25). The molecule has 0 fully saturated rings. The molecule has 0 bridgehead atoms. The highest BCUT2D eigenvalue weighted by Crippen LogP contribution is 2.15. The molecular formula is C20H27N3O3. The molecule has 0 saturated carbocycles. The second-order valence-corrected chi connectivity index (χ2v) is 6.14. The number of amides is 1.